The number of carbonyl (C=O) groups is 4. The van der Waals surface area contributed by atoms with E-state index in [-0.39, 0.29) is 19.0 Å². The van der Waals surface area contributed by atoms with Crippen molar-refractivity contribution >= 4 is 23.7 Å². The molecule has 1 aliphatic heterocycles. The largest absolute Gasteiger partial charge is 0.480 e. The van der Waals surface area contributed by atoms with E-state index in [1.165, 1.54) is 0 Å². The van der Waals surface area contributed by atoms with Gasteiger partial charge in [0, 0.05) is 6.54 Å². The van der Waals surface area contributed by atoms with E-state index in [9.17, 15) is 19.2 Å². The zero-order chi connectivity index (χ0) is 13.7. The highest BCUT2D eigenvalue weighted by Crippen LogP contribution is 1.95. The molecule has 1 aliphatic rings. The fraction of sp³-hybridized carbons (Fsp3) is 0.556. The van der Waals surface area contributed by atoms with Gasteiger partial charge in [-0.2, -0.15) is 0 Å². The Labute approximate surface area is 102 Å². The van der Waals surface area contributed by atoms with Gasteiger partial charge in [0.25, 0.3) is 0 Å². The molecule has 0 aromatic rings. The molecule has 1 unspecified atom stereocenters. The maximum atomic E-state index is 11.7. The Morgan fingerprint density at radius 3 is 2.61 bits per heavy atom. The Bertz CT molecular complexity index is 373. The third kappa shape index (κ3) is 4.01. The molecule has 1 rings (SSSR count). The van der Waals surface area contributed by atoms with E-state index < -0.39 is 36.3 Å². The number of carbonyl (C=O) groups excluding carboxylic acids is 3. The highest BCUT2D eigenvalue weighted by atomic mass is 16.4. The van der Waals surface area contributed by atoms with Gasteiger partial charge in [0.1, 0.15) is 12.1 Å². The van der Waals surface area contributed by atoms with Gasteiger partial charge >= 0.3 is 5.97 Å². The van der Waals surface area contributed by atoms with E-state index in [4.69, 9.17) is 10.8 Å². The van der Waals surface area contributed by atoms with Gasteiger partial charge in [0.05, 0.1) is 13.0 Å². The van der Waals surface area contributed by atoms with Gasteiger partial charge in [-0.25, -0.2) is 4.79 Å². The predicted molar refractivity (Wildman–Crippen MR) is 58.2 cm³/mol. The van der Waals surface area contributed by atoms with Crippen LogP contribution in [0.5, 0.6) is 0 Å². The van der Waals surface area contributed by atoms with E-state index >= 15 is 0 Å². The van der Waals surface area contributed by atoms with Crippen LogP contribution in [0.3, 0.4) is 0 Å². The second kappa shape index (κ2) is 5.96. The van der Waals surface area contributed by atoms with Gasteiger partial charge in [0.2, 0.25) is 17.7 Å². The summed E-state index contributed by atoms with van der Waals surface area (Å²) >= 11 is 0. The van der Waals surface area contributed by atoms with Crippen molar-refractivity contribution in [3.63, 3.8) is 0 Å². The second-order valence-electron chi connectivity index (χ2n) is 3.81. The minimum absolute atomic E-state index is 0.0222. The van der Waals surface area contributed by atoms with Crippen LogP contribution in [0.1, 0.15) is 6.42 Å². The van der Waals surface area contributed by atoms with Crippen LogP contribution >= 0.6 is 0 Å². The molecule has 0 aliphatic carbocycles. The van der Waals surface area contributed by atoms with Crippen LogP contribution in [0.15, 0.2) is 0 Å². The van der Waals surface area contributed by atoms with Gasteiger partial charge in [-0.1, -0.05) is 0 Å². The number of carboxylic acids is 1. The lowest BCUT2D eigenvalue weighted by Crippen LogP contribution is -2.60. The minimum atomic E-state index is -1.37. The normalized spacial score (nSPS) is 20.7. The van der Waals surface area contributed by atoms with Crippen molar-refractivity contribution < 1.29 is 24.3 Å². The summed E-state index contributed by atoms with van der Waals surface area (Å²) < 4.78 is 0. The van der Waals surface area contributed by atoms with Crippen LogP contribution in [-0.4, -0.2) is 54.0 Å². The second-order valence-corrected chi connectivity index (χ2v) is 3.81. The summed E-state index contributed by atoms with van der Waals surface area (Å²) in [7, 11) is 0. The molecule has 0 aromatic heterocycles. The van der Waals surface area contributed by atoms with Gasteiger partial charge in [-0.15, -0.1) is 0 Å². The Hall–Kier alpha value is -2.16. The van der Waals surface area contributed by atoms with E-state index in [0.29, 0.717) is 0 Å². The third-order valence-electron chi connectivity index (χ3n) is 2.35. The zero-order valence-electron chi connectivity index (χ0n) is 9.43. The monoisotopic (exact) mass is 258 g/mol. The van der Waals surface area contributed by atoms with Crippen LogP contribution in [0.4, 0.5) is 0 Å². The molecule has 1 fully saturated rings. The smallest absolute Gasteiger partial charge is 0.326 e. The molecule has 2 atom stereocenters. The van der Waals surface area contributed by atoms with E-state index in [1.54, 1.807) is 0 Å². The molecule has 0 spiro atoms. The quantitative estimate of drug-likeness (QED) is 0.345. The summed E-state index contributed by atoms with van der Waals surface area (Å²) in [6, 6.07) is -2.09. The molecule has 6 N–H and O–H groups in total. The molecule has 9 heteroatoms. The lowest BCUT2D eigenvalue weighted by molar-refractivity contribution is -0.143. The predicted octanol–water partition coefficient (Wildman–Crippen LogP) is -3.48. The first-order valence-electron chi connectivity index (χ1n) is 5.21. The fourth-order valence-electron chi connectivity index (χ4n) is 1.43. The Kier molecular flexibility index (Phi) is 4.60. The highest BCUT2D eigenvalue weighted by molar-refractivity contribution is 5.91. The molecular weight excluding hydrogens is 244 g/mol. The first-order valence-corrected chi connectivity index (χ1v) is 5.21. The standard InChI is InChI=1S/C9H14N4O5/c10-6(14)1-4(9(17)18)13-8(16)5-2-12-7(15)3-11-5/h4-5,11H,1-3H2,(H2,10,14)(H,12,15)(H,13,16)(H,17,18)/t4-,5?/m0/s1. The number of hydrogen-bond acceptors (Lipinski definition) is 5. The summed E-state index contributed by atoms with van der Waals surface area (Å²) in [5.41, 5.74) is 4.88. The maximum Gasteiger partial charge on any atom is 0.326 e. The Morgan fingerprint density at radius 2 is 2.17 bits per heavy atom. The molecule has 1 saturated heterocycles. The van der Waals surface area contributed by atoms with Crippen LogP contribution in [0, 0.1) is 0 Å². The van der Waals surface area contributed by atoms with Gasteiger partial charge in [-0.05, 0) is 0 Å². The third-order valence-corrected chi connectivity index (χ3v) is 2.35. The van der Waals surface area contributed by atoms with Crippen molar-refractivity contribution in [2.45, 2.75) is 18.5 Å². The van der Waals surface area contributed by atoms with E-state index in [2.05, 4.69) is 16.0 Å². The van der Waals surface area contributed by atoms with Crippen molar-refractivity contribution in [1.82, 2.24) is 16.0 Å². The minimum Gasteiger partial charge on any atom is -0.480 e. The lowest BCUT2D eigenvalue weighted by Gasteiger charge is -2.24. The topological polar surface area (TPSA) is 151 Å². The van der Waals surface area contributed by atoms with Crippen LogP contribution < -0.4 is 21.7 Å². The number of hydrogen-bond donors (Lipinski definition) is 5. The number of nitrogens with one attached hydrogen (secondary N) is 3. The van der Waals surface area contributed by atoms with Crippen molar-refractivity contribution in [3.8, 4) is 0 Å². The van der Waals surface area contributed by atoms with Crippen LogP contribution in [0.25, 0.3) is 0 Å². The van der Waals surface area contributed by atoms with Gasteiger partial charge in [0.15, 0.2) is 0 Å². The molecule has 0 aromatic carbocycles. The highest BCUT2D eigenvalue weighted by Gasteiger charge is 2.28. The van der Waals surface area contributed by atoms with Gasteiger partial charge in [-0.3, -0.25) is 19.7 Å². The number of piperazine rings is 1. The van der Waals surface area contributed by atoms with Gasteiger partial charge < -0.3 is 21.5 Å². The number of carboxylic acid groups (broad SMARTS) is 1. The molecule has 3 amide bonds. The molecule has 9 nitrogen and oxygen atoms in total. The zero-order valence-corrected chi connectivity index (χ0v) is 9.43. The average molecular weight is 258 g/mol. The van der Waals surface area contributed by atoms with E-state index in [1.807, 2.05) is 0 Å². The number of rotatable bonds is 5. The molecule has 0 bridgehead atoms. The number of aliphatic carboxylic acids is 1. The van der Waals surface area contributed by atoms with Crippen molar-refractivity contribution in [1.29, 1.82) is 0 Å². The molecule has 0 radical (unpaired) electrons. The van der Waals surface area contributed by atoms with E-state index in [0.717, 1.165) is 0 Å². The number of nitrogens with two attached hydrogens (primary N) is 1. The Morgan fingerprint density at radius 1 is 1.50 bits per heavy atom. The maximum absolute atomic E-state index is 11.7. The average Bonchev–Trinajstić information content (AvgIpc) is 2.28. The summed E-state index contributed by atoms with van der Waals surface area (Å²) in [5, 5.41) is 16.1. The first-order chi connectivity index (χ1) is 8.40. The molecule has 18 heavy (non-hydrogen) atoms. The summed E-state index contributed by atoms with van der Waals surface area (Å²) in [6.45, 7) is 0.0409. The van der Waals surface area contributed by atoms with Crippen LogP contribution in [0.2, 0.25) is 0 Å². The molecule has 0 saturated carbocycles. The SMILES string of the molecule is NC(=O)C[C@H](NC(=O)C1CNC(=O)CN1)C(=O)O. The number of amides is 3. The summed E-state index contributed by atoms with van der Waals surface area (Å²) in [5.74, 6) is -3.02. The molecular formula is C9H14N4O5. The van der Waals surface area contributed by atoms with Crippen LogP contribution in [-0.2, 0) is 19.2 Å². The summed E-state index contributed by atoms with van der Waals surface area (Å²) in [4.78, 5) is 43.9. The van der Waals surface area contributed by atoms with Crippen molar-refractivity contribution in [3.05, 3.63) is 0 Å². The molecule has 1 heterocycles. The first kappa shape index (κ1) is 13.9. The molecule has 100 valence electrons. The van der Waals surface area contributed by atoms with Crippen molar-refractivity contribution in [2.24, 2.45) is 5.73 Å². The number of primary amides is 1. The fourth-order valence-corrected chi connectivity index (χ4v) is 1.43. The van der Waals surface area contributed by atoms with Crippen molar-refractivity contribution in [2.75, 3.05) is 13.1 Å². The summed E-state index contributed by atoms with van der Waals surface area (Å²) in [6.07, 6.45) is -0.486. The Balaban J connectivity index is 2.53. The lowest BCUT2D eigenvalue weighted by atomic mass is 10.1.